The highest BCUT2D eigenvalue weighted by atomic mass is 16.1. The van der Waals surface area contributed by atoms with Crippen LogP contribution in [0.1, 0.15) is 35.3 Å². The standard InChI is InChI=1S/C13H19NO/c1-9-6-10(2)8-11(7-9)12(15)13(3,4)14-5/h6-8,14H,1-5H3. The molecule has 0 radical (unpaired) electrons. The third-order valence-electron chi connectivity index (χ3n) is 2.68. The van der Waals surface area contributed by atoms with E-state index in [9.17, 15) is 4.79 Å². The Balaban J connectivity index is 3.12. The number of carbonyl (C=O) groups is 1. The predicted molar refractivity (Wildman–Crippen MR) is 63.4 cm³/mol. The van der Waals surface area contributed by atoms with Crippen LogP contribution in [0.4, 0.5) is 0 Å². The van der Waals surface area contributed by atoms with Crippen molar-refractivity contribution in [2.45, 2.75) is 33.2 Å². The maximum absolute atomic E-state index is 12.1. The third-order valence-corrected chi connectivity index (χ3v) is 2.68. The topological polar surface area (TPSA) is 29.1 Å². The number of carbonyl (C=O) groups excluding carboxylic acids is 1. The Kier molecular flexibility index (Phi) is 3.30. The number of Topliss-reactive ketones (excluding diaryl/α,β-unsaturated/α-hetero) is 1. The van der Waals surface area contributed by atoms with Gasteiger partial charge in [-0.1, -0.05) is 17.2 Å². The number of nitrogens with one attached hydrogen (secondary N) is 1. The number of aryl methyl sites for hydroxylation is 2. The molecular weight excluding hydrogens is 186 g/mol. The second-order valence-electron chi connectivity index (χ2n) is 4.58. The number of hydrogen-bond acceptors (Lipinski definition) is 2. The molecule has 0 aliphatic rings. The van der Waals surface area contributed by atoms with Crippen LogP contribution in [0.5, 0.6) is 0 Å². The summed E-state index contributed by atoms with van der Waals surface area (Å²) in [4.78, 5) is 12.1. The van der Waals surface area contributed by atoms with Gasteiger partial charge >= 0.3 is 0 Å². The van der Waals surface area contributed by atoms with Crippen molar-refractivity contribution in [3.63, 3.8) is 0 Å². The van der Waals surface area contributed by atoms with Gasteiger partial charge in [0.05, 0.1) is 5.54 Å². The van der Waals surface area contributed by atoms with Crippen molar-refractivity contribution in [3.05, 3.63) is 34.9 Å². The summed E-state index contributed by atoms with van der Waals surface area (Å²) in [5.74, 6) is 0.136. The Morgan fingerprint density at radius 1 is 1.13 bits per heavy atom. The van der Waals surface area contributed by atoms with E-state index in [1.54, 1.807) is 7.05 Å². The van der Waals surface area contributed by atoms with Gasteiger partial charge in [0, 0.05) is 5.56 Å². The summed E-state index contributed by atoms with van der Waals surface area (Å²) in [6.07, 6.45) is 0. The summed E-state index contributed by atoms with van der Waals surface area (Å²) in [5.41, 5.74) is 2.54. The van der Waals surface area contributed by atoms with E-state index in [2.05, 4.69) is 11.4 Å². The molecule has 0 amide bonds. The summed E-state index contributed by atoms with van der Waals surface area (Å²) in [7, 11) is 1.81. The van der Waals surface area contributed by atoms with E-state index in [1.807, 2.05) is 39.8 Å². The first-order valence-electron chi connectivity index (χ1n) is 5.19. The number of hydrogen-bond donors (Lipinski definition) is 1. The van der Waals surface area contributed by atoms with E-state index in [0.29, 0.717) is 0 Å². The fourth-order valence-electron chi connectivity index (χ4n) is 1.58. The first-order valence-corrected chi connectivity index (χ1v) is 5.19. The van der Waals surface area contributed by atoms with Crippen LogP contribution in [0.15, 0.2) is 18.2 Å². The van der Waals surface area contributed by atoms with Gasteiger partial charge in [0.2, 0.25) is 0 Å². The SMILES string of the molecule is CNC(C)(C)C(=O)c1cc(C)cc(C)c1. The van der Waals surface area contributed by atoms with Gasteiger partial charge in [-0.2, -0.15) is 0 Å². The van der Waals surface area contributed by atoms with Gasteiger partial charge in [-0.25, -0.2) is 0 Å². The van der Waals surface area contributed by atoms with E-state index < -0.39 is 5.54 Å². The highest BCUT2D eigenvalue weighted by Gasteiger charge is 2.26. The molecule has 1 N–H and O–H groups in total. The zero-order chi connectivity index (χ0) is 11.6. The Labute approximate surface area is 91.7 Å². The van der Waals surface area contributed by atoms with E-state index in [0.717, 1.165) is 16.7 Å². The molecule has 0 unspecified atom stereocenters. The largest absolute Gasteiger partial charge is 0.308 e. The van der Waals surface area contributed by atoms with Crippen molar-refractivity contribution in [2.75, 3.05) is 7.05 Å². The average Bonchev–Trinajstić information content (AvgIpc) is 2.15. The summed E-state index contributed by atoms with van der Waals surface area (Å²) in [6.45, 7) is 7.81. The minimum Gasteiger partial charge on any atom is -0.308 e. The normalized spacial score (nSPS) is 11.5. The van der Waals surface area contributed by atoms with Gasteiger partial charge in [0.1, 0.15) is 0 Å². The van der Waals surface area contributed by atoms with Gasteiger partial charge in [0.15, 0.2) is 5.78 Å². The molecule has 0 aliphatic carbocycles. The molecule has 0 bridgehead atoms. The maximum Gasteiger partial charge on any atom is 0.182 e. The quantitative estimate of drug-likeness (QED) is 0.768. The van der Waals surface area contributed by atoms with Crippen LogP contribution in [-0.4, -0.2) is 18.4 Å². The molecule has 0 spiro atoms. The average molecular weight is 205 g/mol. The fourth-order valence-corrected chi connectivity index (χ4v) is 1.58. The van der Waals surface area contributed by atoms with Crippen molar-refractivity contribution in [1.82, 2.24) is 5.32 Å². The molecule has 15 heavy (non-hydrogen) atoms. The van der Waals surface area contributed by atoms with Crippen molar-refractivity contribution < 1.29 is 4.79 Å². The number of benzene rings is 1. The molecule has 2 heteroatoms. The number of rotatable bonds is 3. The van der Waals surface area contributed by atoms with Crippen LogP contribution < -0.4 is 5.32 Å². The summed E-state index contributed by atoms with van der Waals surface area (Å²) >= 11 is 0. The van der Waals surface area contributed by atoms with Crippen LogP contribution in [0.2, 0.25) is 0 Å². The van der Waals surface area contributed by atoms with Gasteiger partial charge in [-0.15, -0.1) is 0 Å². The summed E-state index contributed by atoms with van der Waals surface area (Å²) in [6, 6.07) is 5.95. The predicted octanol–water partition coefficient (Wildman–Crippen LogP) is 2.48. The molecule has 82 valence electrons. The highest BCUT2D eigenvalue weighted by molar-refractivity contribution is 6.02. The molecule has 0 heterocycles. The van der Waals surface area contributed by atoms with Crippen LogP contribution in [0.3, 0.4) is 0 Å². The smallest absolute Gasteiger partial charge is 0.182 e. The molecule has 0 aromatic heterocycles. The highest BCUT2D eigenvalue weighted by Crippen LogP contribution is 2.15. The Hall–Kier alpha value is -1.15. The molecule has 1 aromatic rings. The third kappa shape index (κ3) is 2.66. The molecule has 2 nitrogen and oxygen atoms in total. The molecule has 0 fully saturated rings. The molecule has 0 aliphatic heterocycles. The Morgan fingerprint density at radius 3 is 2.00 bits per heavy atom. The van der Waals surface area contributed by atoms with Gasteiger partial charge in [0.25, 0.3) is 0 Å². The second-order valence-corrected chi connectivity index (χ2v) is 4.58. The molecule has 0 saturated heterocycles. The van der Waals surface area contributed by atoms with E-state index in [4.69, 9.17) is 0 Å². The minimum atomic E-state index is -0.500. The second kappa shape index (κ2) is 4.15. The lowest BCUT2D eigenvalue weighted by molar-refractivity contribution is 0.0889. The van der Waals surface area contributed by atoms with Crippen molar-refractivity contribution in [2.24, 2.45) is 0 Å². The number of likely N-dealkylation sites (N-methyl/N-ethyl adjacent to an activating group) is 1. The minimum absolute atomic E-state index is 0.136. The first kappa shape index (κ1) is 11.9. The molecule has 1 aromatic carbocycles. The van der Waals surface area contributed by atoms with E-state index >= 15 is 0 Å². The summed E-state index contributed by atoms with van der Waals surface area (Å²) in [5, 5.41) is 3.03. The van der Waals surface area contributed by atoms with Crippen LogP contribution >= 0.6 is 0 Å². The Morgan fingerprint density at radius 2 is 1.60 bits per heavy atom. The fraction of sp³-hybridized carbons (Fsp3) is 0.462. The van der Waals surface area contributed by atoms with Crippen LogP contribution in [-0.2, 0) is 0 Å². The number of ketones is 1. The lowest BCUT2D eigenvalue weighted by Crippen LogP contribution is -2.44. The molecular formula is C13H19NO. The zero-order valence-corrected chi connectivity index (χ0v) is 10.1. The molecule has 0 saturated carbocycles. The summed E-state index contributed by atoms with van der Waals surface area (Å²) < 4.78 is 0. The van der Waals surface area contributed by atoms with Crippen LogP contribution in [0.25, 0.3) is 0 Å². The van der Waals surface area contributed by atoms with E-state index in [-0.39, 0.29) is 5.78 Å². The van der Waals surface area contributed by atoms with Crippen LogP contribution in [0, 0.1) is 13.8 Å². The monoisotopic (exact) mass is 205 g/mol. The van der Waals surface area contributed by atoms with Gasteiger partial charge in [-0.3, -0.25) is 4.79 Å². The zero-order valence-electron chi connectivity index (χ0n) is 10.1. The lowest BCUT2D eigenvalue weighted by atomic mass is 9.91. The van der Waals surface area contributed by atoms with Crippen molar-refractivity contribution in [3.8, 4) is 0 Å². The Bertz CT molecular complexity index is 360. The molecule has 1 rings (SSSR count). The molecule has 0 atom stereocenters. The van der Waals surface area contributed by atoms with Gasteiger partial charge < -0.3 is 5.32 Å². The van der Waals surface area contributed by atoms with E-state index in [1.165, 1.54) is 0 Å². The maximum atomic E-state index is 12.1. The van der Waals surface area contributed by atoms with Gasteiger partial charge in [-0.05, 0) is 46.9 Å². The first-order chi connectivity index (χ1) is 6.86. The van der Waals surface area contributed by atoms with Crippen molar-refractivity contribution in [1.29, 1.82) is 0 Å². The van der Waals surface area contributed by atoms with Crippen molar-refractivity contribution >= 4 is 5.78 Å². The lowest BCUT2D eigenvalue weighted by Gasteiger charge is -2.22.